The maximum absolute atomic E-state index is 5.95. The van der Waals surface area contributed by atoms with Gasteiger partial charge in [0.1, 0.15) is 5.82 Å². The van der Waals surface area contributed by atoms with Gasteiger partial charge in [-0.3, -0.25) is 0 Å². The Labute approximate surface area is 148 Å². The second-order valence-corrected chi connectivity index (χ2v) is 7.33. The lowest BCUT2D eigenvalue weighted by molar-refractivity contribution is 0.560. The van der Waals surface area contributed by atoms with Gasteiger partial charge in [0.2, 0.25) is 0 Å². The van der Waals surface area contributed by atoms with Gasteiger partial charge in [0.25, 0.3) is 0 Å². The van der Waals surface area contributed by atoms with Crippen LogP contribution < -0.4 is 5.32 Å². The zero-order valence-electron chi connectivity index (χ0n) is 14.3. The number of hydrogen-bond donors (Lipinski definition) is 1. The molecule has 2 aromatic carbocycles. The van der Waals surface area contributed by atoms with Crippen LogP contribution in [0.25, 0.3) is 5.69 Å². The molecule has 0 fully saturated rings. The van der Waals surface area contributed by atoms with Gasteiger partial charge in [0.05, 0.1) is 11.4 Å². The zero-order valence-corrected chi connectivity index (χ0v) is 15.0. The minimum Gasteiger partial charge on any atom is -0.366 e. The average Bonchev–Trinajstić information content (AvgIpc) is 3.00. The number of anilines is 1. The number of benzene rings is 2. The molecule has 3 nitrogen and oxygen atoms in total. The Morgan fingerprint density at radius 1 is 1.00 bits per heavy atom. The van der Waals surface area contributed by atoms with E-state index in [-0.39, 0.29) is 5.41 Å². The summed E-state index contributed by atoms with van der Waals surface area (Å²) >= 11 is 5.95. The molecule has 0 radical (unpaired) electrons. The normalized spacial score (nSPS) is 11.5. The summed E-state index contributed by atoms with van der Waals surface area (Å²) in [5, 5.41) is 9.06. The lowest BCUT2D eigenvalue weighted by Crippen LogP contribution is -2.12. The van der Waals surface area contributed by atoms with E-state index in [1.807, 2.05) is 47.1 Å². The molecule has 0 amide bonds. The van der Waals surface area contributed by atoms with E-state index in [1.54, 1.807) is 0 Å². The fourth-order valence-corrected chi connectivity index (χ4v) is 2.56. The van der Waals surface area contributed by atoms with E-state index in [0.29, 0.717) is 0 Å². The van der Waals surface area contributed by atoms with E-state index in [4.69, 9.17) is 16.7 Å². The molecule has 3 aromatic rings. The van der Waals surface area contributed by atoms with Crippen molar-refractivity contribution in [1.29, 1.82) is 0 Å². The first-order chi connectivity index (χ1) is 11.4. The van der Waals surface area contributed by atoms with Gasteiger partial charge >= 0.3 is 0 Å². The first kappa shape index (κ1) is 16.6. The van der Waals surface area contributed by atoms with E-state index in [1.165, 1.54) is 5.56 Å². The number of hydrogen-bond acceptors (Lipinski definition) is 2. The Balaban J connectivity index is 1.90. The van der Waals surface area contributed by atoms with Crippen LogP contribution in [-0.4, -0.2) is 9.78 Å². The van der Waals surface area contributed by atoms with Crippen molar-refractivity contribution >= 4 is 17.4 Å². The SMILES string of the molecule is CC(C)(C)c1cc(NCc2ccc(Cl)cc2)n(-c2ccccc2)n1. The standard InChI is InChI=1S/C20H22ClN3/c1-20(2,3)18-13-19(22-14-15-9-11-16(21)12-10-15)24(23-18)17-7-5-4-6-8-17/h4-13,22H,14H2,1-3H3. The van der Waals surface area contributed by atoms with Crippen molar-refractivity contribution < 1.29 is 0 Å². The highest BCUT2D eigenvalue weighted by atomic mass is 35.5. The Hall–Kier alpha value is -2.26. The van der Waals surface area contributed by atoms with Gasteiger partial charge in [0, 0.05) is 23.0 Å². The highest BCUT2D eigenvalue weighted by Gasteiger charge is 2.20. The Morgan fingerprint density at radius 3 is 2.29 bits per heavy atom. The van der Waals surface area contributed by atoms with Crippen LogP contribution in [0.1, 0.15) is 32.0 Å². The first-order valence-electron chi connectivity index (χ1n) is 8.08. The Morgan fingerprint density at radius 2 is 1.67 bits per heavy atom. The van der Waals surface area contributed by atoms with Gasteiger partial charge in [-0.25, -0.2) is 4.68 Å². The van der Waals surface area contributed by atoms with Gasteiger partial charge in [-0.2, -0.15) is 5.10 Å². The molecule has 0 atom stereocenters. The third-order valence-electron chi connectivity index (χ3n) is 3.87. The van der Waals surface area contributed by atoms with Crippen molar-refractivity contribution in [3.05, 3.63) is 76.9 Å². The smallest absolute Gasteiger partial charge is 0.130 e. The van der Waals surface area contributed by atoms with Crippen LogP contribution >= 0.6 is 11.6 Å². The van der Waals surface area contributed by atoms with Crippen LogP contribution in [0.3, 0.4) is 0 Å². The van der Waals surface area contributed by atoms with Crippen molar-refractivity contribution in [2.45, 2.75) is 32.7 Å². The van der Waals surface area contributed by atoms with Crippen LogP contribution in [0.4, 0.5) is 5.82 Å². The van der Waals surface area contributed by atoms with E-state index >= 15 is 0 Å². The fourth-order valence-electron chi connectivity index (χ4n) is 2.43. The van der Waals surface area contributed by atoms with Crippen molar-refractivity contribution in [3.8, 4) is 5.69 Å². The topological polar surface area (TPSA) is 29.9 Å². The Bertz CT molecular complexity index is 799. The van der Waals surface area contributed by atoms with E-state index in [0.717, 1.165) is 28.8 Å². The molecule has 1 aromatic heterocycles. The van der Waals surface area contributed by atoms with Gasteiger partial charge in [-0.05, 0) is 29.8 Å². The quantitative estimate of drug-likeness (QED) is 0.686. The number of nitrogens with one attached hydrogen (secondary N) is 1. The molecule has 0 unspecified atom stereocenters. The maximum atomic E-state index is 5.95. The molecule has 3 rings (SSSR count). The zero-order chi connectivity index (χ0) is 17.2. The summed E-state index contributed by atoms with van der Waals surface area (Å²) < 4.78 is 1.97. The van der Waals surface area contributed by atoms with Crippen molar-refractivity contribution in [1.82, 2.24) is 9.78 Å². The number of aromatic nitrogens is 2. The first-order valence-corrected chi connectivity index (χ1v) is 8.45. The summed E-state index contributed by atoms with van der Waals surface area (Å²) in [7, 11) is 0. The molecule has 0 bridgehead atoms. The lowest BCUT2D eigenvalue weighted by atomic mass is 9.92. The van der Waals surface area contributed by atoms with Crippen LogP contribution in [0.2, 0.25) is 5.02 Å². The van der Waals surface area contributed by atoms with Crippen molar-refractivity contribution in [2.24, 2.45) is 0 Å². The predicted octanol–water partition coefficient (Wildman–Crippen LogP) is 5.44. The second kappa shape index (κ2) is 6.70. The number of para-hydroxylation sites is 1. The number of rotatable bonds is 4. The summed E-state index contributed by atoms with van der Waals surface area (Å²) in [6.07, 6.45) is 0. The second-order valence-electron chi connectivity index (χ2n) is 6.89. The molecule has 0 aliphatic rings. The van der Waals surface area contributed by atoms with E-state index in [9.17, 15) is 0 Å². The van der Waals surface area contributed by atoms with Gasteiger partial charge in [-0.1, -0.05) is 62.7 Å². The van der Waals surface area contributed by atoms with Crippen LogP contribution in [0, 0.1) is 0 Å². The third-order valence-corrected chi connectivity index (χ3v) is 4.12. The highest BCUT2D eigenvalue weighted by molar-refractivity contribution is 6.30. The molecule has 1 heterocycles. The molecule has 124 valence electrons. The summed E-state index contributed by atoms with van der Waals surface area (Å²) in [6.45, 7) is 7.24. The van der Waals surface area contributed by atoms with Gasteiger partial charge in [-0.15, -0.1) is 0 Å². The summed E-state index contributed by atoms with van der Waals surface area (Å²) in [6, 6.07) is 20.2. The van der Waals surface area contributed by atoms with Gasteiger partial charge in [0.15, 0.2) is 0 Å². The summed E-state index contributed by atoms with van der Waals surface area (Å²) in [5.74, 6) is 0.987. The molecular formula is C20H22ClN3. The van der Waals surface area contributed by atoms with E-state index < -0.39 is 0 Å². The maximum Gasteiger partial charge on any atom is 0.130 e. The molecular weight excluding hydrogens is 318 g/mol. The van der Waals surface area contributed by atoms with Crippen molar-refractivity contribution in [3.63, 3.8) is 0 Å². The monoisotopic (exact) mass is 339 g/mol. The van der Waals surface area contributed by atoms with Crippen LogP contribution in [0.15, 0.2) is 60.7 Å². The van der Waals surface area contributed by atoms with E-state index in [2.05, 4.69) is 44.3 Å². The largest absolute Gasteiger partial charge is 0.366 e. The molecule has 0 saturated carbocycles. The molecule has 0 saturated heterocycles. The molecule has 24 heavy (non-hydrogen) atoms. The molecule has 0 aliphatic carbocycles. The summed E-state index contributed by atoms with van der Waals surface area (Å²) in [4.78, 5) is 0. The number of halogens is 1. The average molecular weight is 340 g/mol. The highest BCUT2D eigenvalue weighted by Crippen LogP contribution is 2.26. The van der Waals surface area contributed by atoms with Crippen LogP contribution in [0.5, 0.6) is 0 Å². The third kappa shape index (κ3) is 3.80. The minimum atomic E-state index is -0.00324. The molecule has 0 spiro atoms. The molecule has 0 aliphatic heterocycles. The molecule has 4 heteroatoms. The fraction of sp³-hybridized carbons (Fsp3) is 0.250. The van der Waals surface area contributed by atoms with Gasteiger partial charge < -0.3 is 5.32 Å². The van der Waals surface area contributed by atoms with Crippen LogP contribution in [-0.2, 0) is 12.0 Å². The minimum absolute atomic E-state index is 0.00324. The molecule has 1 N–H and O–H groups in total. The Kier molecular flexibility index (Phi) is 4.63. The lowest BCUT2D eigenvalue weighted by Gasteiger charge is -2.14. The summed E-state index contributed by atoms with van der Waals surface area (Å²) in [5.41, 5.74) is 3.28. The number of nitrogens with zero attached hydrogens (tertiary/aromatic N) is 2. The predicted molar refractivity (Wildman–Crippen MR) is 101 cm³/mol. The van der Waals surface area contributed by atoms with Crippen molar-refractivity contribution in [2.75, 3.05) is 5.32 Å².